The molecule has 3 fully saturated rings. The number of rotatable bonds is 9. The molecule has 5 atom stereocenters. The summed E-state index contributed by atoms with van der Waals surface area (Å²) in [5.74, 6) is 1.00. The molecule has 0 radical (unpaired) electrons. The molecule has 0 aromatic carbocycles. The van der Waals surface area contributed by atoms with E-state index in [4.69, 9.17) is 4.74 Å². The summed E-state index contributed by atoms with van der Waals surface area (Å²) in [4.78, 5) is 0. The molecule has 4 heteroatoms. The first-order valence-electron chi connectivity index (χ1n) is 13.2. The lowest BCUT2D eigenvalue weighted by Gasteiger charge is -2.42. The van der Waals surface area contributed by atoms with E-state index in [1.54, 1.807) is 0 Å². The van der Waals surface area contributed by atoms with Crippen molar-refractivity contribution in [1.82, 2.24) is 0 Å². The average molecular weight is 471 g/mol. The van der Waals surface area contributed by atoms with Gasteiger partial charge < -0.3 is 20.1 Å². The van der Waals surface area contributed by atoms with Crippen LogP contribution in [0.25, 0.3) is 0 Å². The summed E-state index contributed by atoms with van der Waals surface area (Å²) < 4.78 is 5.72. The van der Waals surface area contributed by atoms with Crippen LogP contribution < -0.4 is 0 Å². The molecule has 0 heterocycles. The SMILES string of the molecule is C=C(C=CCOCC(O)(CC)CC)[C@H]1CC[C@H]2C(=CC=C3C[C@@H](O)C[C@H](O)C3=C)CCC[C@]12C. The molecule has 0 bridgehead atoms. The van der Waals surface area contributed by atoms with E-state index in [1.165, 1.54) is 30.4 Å². The Kier molecular flexibility index (Phi) is 9.19. The third-order valence-electron chi connectivity index (χ3n) is 8.91. The predicted octanol–water partition coefficient (Wildman–Crippen LogP) is 5.81. The molecule has 0 aromatic heterocycles. The Morgan fingerprint density at radius 2 is 1.94 bits per heavy atom. The van der Waals surface area contributed by atoms with Crippen molar-refractivity contribution in [1.29, 1.82) is 0 Å². The zero-order chi connectivity index (χ0) is 24.9. The van der Waals surface area contributed by atoms with E-state index < -0.39 is 17.8 Å². The quantitative estimate of drug-likeness (QED) is 0.294. The van der Waals surface area contributed by atoms with Gasteiger partial charge in [0.1, 0.15) is 0 Å². The minimum atomic E-state index is -0.725. The molecule has 3 saturated carbocycles. The highest BCUT2D eigenvalue weighted by Crippen LogP contribution is 2.59. The molecular weight excluding hydrogens is 424 g/mol. The molecule has 0 unspecified atom stereocenters. The van der Waals surface area contributed by atoms with Crippen molar-refractivity contribution >= 4 is 0 Å². The summed E-state index contributed by atoms with van der Waals surface area (Å²) in [7, 11) is 0. The van der Waals surface area contributed by atoms with Crippen LogP contribution in [0.3, 0.4) is 0 Å². The summed E-state index contributed by atoms with van der Waals surface area (Å²) in [6, 6.07) is 0. The van der Waals surface area contributed by atoms with Crippen LogP contribution in [-0.4, -0.2) is 46.3 Å². The van der Waals surface area contributed by atoms with Gasteiger partial charge in [0.25, 0.3) is 0 Å². The lowest BCUT2D eigenvalue weighted by Crippen LogP contribution is -2.33. The fourth-order valence-electron chi connectivity index (χ4n) is 6.40. The minimum Gasteiger partial charge on any atom is -0.393 e. The van der Waals surface area contributed by atoms with Gasteiger partial charge in [-0.05, 0) is 79.8 Å². The molecule has 34 heavy (non-hydrogen) atoms. The smallest absolute Gasteiger partial charge is 0.0875 e. The van der Waals surface area contributed by atoms with Crippen molar-refractivity contribution in [2.45, 2.75) is 96.4 Å². The molecule has 0 spiro atoms. The van der Waals surface area contributed by atoms with E-state index in [-0.39, 0.29) is 5.41 Å². The number of aliphatic hydroxyl groups excluding tert-OH is 2. The van der Waals surface area contributed by atoms with E-state index in [0.717, 1.165) is 24.0 Å². The molecular formula is C30H46O4. The van der Waals surface area contributed by atoms with Crippen LogP contribution in [0.15, 0.2) is 59.8 Å². The molecule has 3 aliphatic carbocycles. The normalized spacial score (nSPS) is 34.8. The first-order chi connectivity index (χ1) is 16.1. The first-order valence-corrected chi connectivity index (χ1v) is 13.2. The van der Waals surface area contributed by atoms with Gasteiger partial charge >= 0.3 is 0 Å². The van der Waals surface area contributed by atoms with E-state index in [1.807, 2.05) is 19.9 Å². The molecule has 4 nitrogen and oxygen atoms in total. The maximum absolute atomic E-state index is 10.4. The Bertz CT molecular complexity index is 831. The van der Waals surface area contributed by atoms with Crippen LogP contribution in [0.2, 0.25) is 0 Å². The molecule has 0 aliphatic heterocycles. The minimum absolute atomic E-state index is 0.206. The Labute approximate surface area is 206 Å². The number of aliphatic hydroxyl groups is 3. The summed E-state index contributed by atoms with van der Waals surface area (Å²) in [5.41, 5.74) is 3.88. The second-order valence-electron chi connectivity index (χ2n) is 11.0. The lowest BCUT2D eigenvalue weighted by atomic mass is 9.62. The van der Waals surface area contributed by atoms with Gasteiger partial charge in [-0.2, -0.15) is 0 Å². The highest BCUT2D eigenvalue weighted by Gasteiger charge is 2.49. The Hall–Kier alpha value is -1.46. The second-order valence-corrected chi connectivity index (χ2v) is 11.0. The Morgan fingerprint density at radius 3 is 2.65 bits per heavy atom. The highest BCUT2D eigenvalue weighted by molar-refractivity contribution is 5.39. The Morgan fingerprint density at radius 1 is 1.21 bits per heavy atom. The number of fused-ring (bicyclic) bond motifs is 1. The van der Waals surface area contributed by atoms with Crippen LogP contribution in [0.4, 0.5) is 0 Å². The maximum atomic E-state index is 10.4. The molecule has 3 aliphatic rings. The van der Waals surface area contributed by atoms with Gasteiger partial charge in [-0.1, -0.05) is 69.4 Å². The highest BCUT2D eigenvalue weighted by atomic mass is 16.5. The van der Waals surface area contributed by atoms with Crippen molar-refractivity contribution < 1.29 is 20.1 Å². The number of hydrogen-bond acceptors (Lipinski definition) is 4. The van der Waals surface area contributed by atoms with Crippen molar-refractivity contribution in [3.8, 4) is 0 Å². The van der Waals surface area contributed by atoms with Crippen molar-refractivity contribution in [3.05, 3.63) is 59.8 Å². The zero-order valence-corrected chi connectivity index (χ0v) is 21.6. The first kappa shape index (κ1) is 27.1. The summed E-state index contributed by atoms with van der Waals surface area (Å²) >= 11 is 0. The van der Waals surface area contributed by atoms with Gasteiger partial charge in [-0.3, -0.25) is 0 Å². The molecule has 0 amide bonds. The third-order valence-corrected chi connectivity index (χ3v) is 8.91. The molecule has 190 valence electrons. The van der Waals surface area contributed by atoms with Gasteiger partial charge in [0.05, 0.1) is 31.0 Å². The average Bonchev–Trinajstić information content (AvgIpc) is 3.17. The van der Waals surface area contributed by atoms with Crippen LogP contribution in [0, 0.1) is 17.3 Å². The van der Waals surface area contributed by atoms with Crippen LogP contribution in [-0.2, 0) is 4.74 Å². The molecule has 3 N–H and O–H groups in total. The van der Waals surface area contributed by atoms with Crippen molar-refractivity contribution in [3.63, 3.8) is 0 Å². The fourth-order valence-corrected chi connectivity index (χ4v) is 6.40. The van der Waals surface area contributed by atoms with E-state index in [2.05, 4.69) is 38.3 Å². The topological polar surface area (TPSA) is 69.9 Å². The van der Waals surface area contributed by atoms with Crippen LogP contribution >= 0.6 is 0 Å². The third kappa shape index (κ3) is 6.02. The van der Waals surface area contributed by atoms with Crippen molar-refractivity contribution in [2.75, 3.05) is 13.2 Å². The number of allylic oxidation sites excluding steroid dienone is 5. The maximum Gasteiger partial charge on any atom is 0.0875 e. The summed E-state index contributed by atoms with van der Waals surface area (Å²) in [6.07, 6.45) is 15.6. The van der Waals surface area contributed by atoms with Gasteiger partial charge in [-0.15, -0.1) is 0 Å². The van der Waals surface area contributed by atoms with Gasteiger partial charge in [0, 0.05) is 6.42 Å². The van der Waals surface area contributed by atoms with E-state index >= 15 is 0 Å². The van der Waals surface area contributed by atoms with Gasteiger partial charge in [-0.25, -0.2) is 0 Å². The Balaban J connectivity index is 1.63. The standard InChI is InChI=1S/C30H46O4/c1-6-30(33,7-2)20-34-17-9-10-21(3)26-14-15-27-23(11-8-16-29(26,27)5)12-13-24-18-25(31)19-28(32)22(24)4/h9-10,12-13,25-28,31-33H,3-4,6-8,11,14-20H2,1-2,5H3/t25-,26-,27+,28+,29-/m1/s1. The van der Waals surface area contributed by atoms with Gasteiger partial charge in [0.2, 0.25) is 0 Å². The molecule has 0 aromatic rings. The van der Waals surface area contributed by atoms with Crippen LogP contribution in [0.5, 0.6) is 0 Å². The fraction of sp³-hybridized carbons (Fsp3) is 0.667. The monoisotopic (exact) mass is 470 g/mol. The van der Waals surface area contributed by atoms with Gasteiger partial charge in [0.15, 0.2) is 0 Å². The predicted molar refractivity (Wildman–Crippen MR) is 139 cm³/mol. The number of hydrogen-bond donors (Lipinski definition) is 3. The summed E-state index contributed by atoms with van der Waals surface area (Å²) in [6.45, 7) is 15.8. The largest absolute Gasteiger partial charge is 0.393 e. The molecule has 0 saturated heterocycles. The molecule has 3 rings (SSSR count). The second kappa shape index (κ2) is 11.5. The van der Waals surface area contributed by atoms with E-state index in [9.17, 15) is 15.3 Å². The van der Waals surface area contributed by atoms with E-state index in [0.29, 0.717) is 50.7 Å². The summed E-state index contributed by atoms with van der Waals surface area (Å²) in [5, 5.41) is 30.6. The van der Waals surface area contributed by atoms with Crippen molar-refractivity contribution in [2.24, 2.45) is 17.3 Å². The zero-order valence-electron chi connectivity index (χ0n) is 21.6. The van der Waals surface area contributed by atoms with Crippen LogP contribution in [0.1, 0.15) is 78.6 Å². The lowest BCUT2D eigenvalue weighted by molar-refractivity contribution is -0.0446. The number of ether oxygens (including phenoxy) is 1.